The number of benzene rings is 1. The zero-order valence-electron chi connectivity index (χ0n) is 10.4. The number of hydrogen-bond acceptors (Lipinski definition) is 1. The van der Waals surface area contributed by atoms with Gasteiger partial charge in [0.2, 0.25) is 0 Å². The smallest absolute Gasteiger partial charge is 0.146 e. The lowest BCUT2D eigenvalue weighted by Crippen LogP contribution is -1.94. The Kier molecular flexibility index (Phi) is 4.16. The van der Waals surface area contributed by atoms with Gasteiger partial charge in [-0.05, 0) is 34.1 Å². The van der Waals surface area contributed by atoms with E-state index in [1.807, 2.05) is 12.3 Å². The largest absolute Gasteiger partial charge is 0.298 e. The molecule has 0 saturated heterocycles. The van der Waals surface area contributed by atoms with Gasteiger partial charge in [0.1, 0.15) is 22.1 Å². The first-order valence-electron chi connectivity index (χ1n) is 5.88. The van der Waals surface area contributed by atoms with E-state index in [2.05, 4.69) is 52.8 Å². The Morgan fingerprint density at radius 3 is 2.38 bits per heavy atom. The van der Waals surface area contributed by atoms with Crippen molar-refractivity contribution in [1.29, 1.82) is 0 Å². The standard InChI is InChI=1S/C14H7Br3F2N2/c15-6-10-11(16)1-2-21-12(10)13(17)20-14(21)7-3-8(18)5-9(19)4-7/h1-5H,6H2. The average Bonchev–Trinajstić information content (AvgIpc) is 2.75. The Hall–Kier alpha value is -0.790. The van der Waals surface area contributed by atoms with Crippen LogP contribution >= 0.6 is 47.8 Å². The first kappa shape index (κ1) is 15.1. The van der Waals surface area contributed by atoms with E-state index in [1.54, 1.807) is 4.40 Å². The monoisotopic (exact) mass is 478 g/mol. The van der Waals surface area contributed by atoms with Gasteiger partial charge in [0.05, 0.1) is 5.52 Å². The van der Waals surface area contributed by atoms with E-state index in [1.165, 1.54) is 12.1 Å². The molecule has 0 bridgehead atoms. The number of imidazole rings is 1. The molecule has 7 heteroatoms. The highest BCUT2D eigenvalue weighted by Crippen LogP contribution is 2.33. The van der Waals surface area contributed by atoms with Gasteiger partial charge in [-0.15, -0.1) is 0 Å². The molecule has 1 aromatic carbocycles. The van der Waals surface area contributed by atoms with Gasteiger partial charge in [-0.1, -0.05) is 31.9 Å². The van der Waals surface area contributed by atoms with Crippen LogP contribution in [0.3, 0.4) is 0 Å². The van der Waals surface area contributed by atoms with Crippen LogP contribution in [0.1, 0.15) is 5.56 Å². The lowest BCUT2D eigenvalue weighted by Gasteiger charge is -2.06. The average molecular weight is 481 g/mol. The van der Waals surface area contributed by atoms with E-state index in [4.69, 9.17) is 0 Å². The van der Waals surface area contributed by atoms with Crippen LogP contribution in [0, 0.1) is 11.6 Å². The minimum absolute atomic E-state index is 0.385. The van der Waals surface area contributed by atoms with Crippen LogP contribution in [0.15, 0.2) is 39.5 Å². The fourth-order valence-electron chi connectivity index (χ4n) is 2.19. The summed E-state index contributed by atoms with van der Waals surface area (Å²) >= 11 is 10.3. The second-order valence-electron chi connectivity index (χ2n) is 4.38. The molecule has 0 fully saturated rings. The number of pyridine rings is 1. The van der Waals surface area contributed by atoms with Crippen molar-refractivity contribution in [2.75, 3.05) is 0 Å². The van der Waals surface area contributed by atoms with Gasteiger partial charge in [0.15, 0.2) is 0 Å². The minimum atomic E-state index is -0.629. The van der Waals surface area contributed by atoms with Gasteiger partial charge < -0.3 is 0 Å². The van der Waals surface area contributed by atoms with Gasteiger partial charge >= 0.3 is 0 Å². The third kappa shape index (κ3) is 2.66. The summed E-state index contributed by atoms with van der Waals surface area (Å²) in [7, 11) is 0. The van der Waals surface area contributed by atoms with Gasteiger partial charge in [-0.25, -0.2) is 13.8 Å². The van der Waals surface area contributed by atoms with Gasteiger partial charge in [-0.2, -0.15) is 0 Å². The van der Waals surface area contributed by atoms with Crippen LogP contribution < -0.4 is 0 Å². The van der Waals surface area contributed by atoms with Crippen molar-refractivity contribution < 1.29 is 8.78 Å². The predicted octanol–water partition coefficient (Wildman–Crippen LogP) is 5.70. The molecule has 2 nitrogen and oxygen atoms in total. The van der Waals surface area contributed by atoms with Crippen molar-refractivity contribution in [2.24, 2.45) is 0 Å². The molecule has 108 valence electrons. The molecular formula is C14H7Br3F2N2. The van der Waals surface area contributed by atoms with Gasteiger partial charge in [0, 0.05) is 33.2 Å². The first-order valence-corrected chi connectivity index (χ1v) is 8.59. The predicted molar refractivity (Wildman–Crippen MR) is 88.6 cm³/mol. The topological polar surface area (TPSA) is 17.3 Å². The molecular weight excluding hydrogens is 474 g/mol. The fourth-order valence-corrected chi connectivity index (χ4v) is 4.18. The maximum absolute atomic E-state index is 13.4. The van der Waals surface area contributed by atoms with E-state index in [9.17, 15) is 8.78 Å². The molecule has 0 N–H and O–H groups in total. The van der Waals surface area contributed by atoms with Crippen LogP contribution in [0.4, 0.5) is 8.78 Å². The molecule has 0 radical (unpaired) electrons. The minimum Gasteiger partial charge on any atom is -0.298 e. The molecule has 0 saturated carbocycles. The molecule has 3 rings (SSSR count). The number of nitrogens with zero attached hydrogens (tertiary/aromatic N) is 2. The second kappa shape index (κ2) is 5.78. The normalized spacial score (nSPS) is 11.3. The summed E-state index contributed by atoms with van der Waals surface area (Å²) in [5.41, 5.74) is 2.23. The molecule has 0 aliphatic rings. The molecule has 0 amide bonds. The van der Waals surface area contributed by atoms with Crippen molar-refractivity contribution in [1.82, 2.24) is 9.38 Å². The van der Waals surface area contributed by atoms with Crippen molar-refractivity contribution in [3.8, 4) is 11.4 Å². The van der Waals surface area contributed by atoms with Crippen LogP contribution in [0.2, 0.25) is 0 Å². The van der Waals surface area contributed by atoms with E-state index in [-0.39, 0.29) is 0 Å². The Balaban J connectivity index is 2.34. The number of aromatic nitrogens is 2. The number of rotatable bonds is 2. The van der Waals surface area contributed by atoms with Gasteiger partial charge in [-0.3, -0.25) is 4.40 Å². The van der Waals surface area contributed by atoms with Crippen LogP contribution in [0.25, 0.3) is 16.9 Å². The third-order valence-electron chi connectivity index (χ3n) is 3.07. The molecule has 0 aliphatic heterocycles. The molecule has 3 aromatic rings. The highest BCUT2D eigenvalue weighted by Gasteiger charge is 2.17. The van der Waals surface area contributed by atoms with Crippen molar-refractivity contribution in [3.05, 3.63) is 56.7 Å². The van der Waals surface area contributed by atoms with Crippen molar-refractivity contribution >= 4 is 53.3 Å². The van der Waals surface area contributed by atoms with Crippen molar-refractivity contribution in [2.45, 2.75) is 5.33 Å². The number of fused-ring (bicyclic) bond motifs is 1. The van der Waals surface area contributed by atoms with Crippen LogP contribution in [0.5, 0.6) is 0 Å². The summed E-state index contributed by atoms with van der Waals surface area (Å²) < 4.78 is 30.2. The first-order chi connectivity index (χ1) is 10.0. The maximum atomic E-state index is 13.4. The second-order valence-corrected chi connectivity index (χ2v) is 6.55. The summed E-state index contributed by atoms with van der Waals surface area (Å²) in [5.74, 6) is -0.781. The molecule has 2 aromatic heterocycles. The number of hydrogen-bond donors (Lipinski definition) is 0. The summed E-state index contributed by atoms with van der Waals surface area (Å²) in [4.78, 5) is 4.40. The lowest BCUT2D eigenvalue weighted by molar-refractivity contribution is 0.584. The Morgan fingerprint density at radius 1 is 1.10 bits per heavy atom. The van der Waals surface area contributed by atoms with E-state index >= 15 is 0 Å². The third-order valence-corrected chi connectivity index (χ3v) is 4.92. The summed E-state index contributed by atoms with van der Waals surface area (Å²) in [6.07, 6.45) is 1.81. The molecule has 21 heavy (non-hydrogen) atoms. The molecule has 2 heterocycles. The highest BCUT2D eigenvalue weighted by atomic mass is 79.9. The van der Waals surface area contributed by atoms with E-state index in [0.29, 0.717) is 21.3 Å². The molecule has 0 unspecified atom stereocenters. The lowest BCUT2D eigenvalue weighted by atomic mass is 10.2. The Morgan fingerprint density at radius 2 is 1.76 bits per heavy atom. The van der Waals surface area contributed by atoms with Crippen LogP contribution in [-0.4, -0.2) is 9.38 Å². The van der Waals surface area contributed by atoms with E-state index in [0.717, 1.165) is 21.6 Å². The van der Waals surface area contributed by atoms with Crippen LogP contribution in [-0.2, 0) is 5.33 Å². The Bertz CT molecular complexity index is 826. The highest BCUT2D eigenvalue weighted by molar-refractivity contribution is 9.11. The SMILES string of the molecule is Fc1cc(F)cc(-c2nc(Br)c3c(CBr)c(Br)ccn23)c1. The summed E-state index contributed by atoms with van der Waals surface area (Å²) in [5, 5.41) is 0.624. The summed E-state index contributed by atoms with van der Waals surface area (Å²) in [6, 6.07) is 5.24. The quantitative estimate of drug-likeness (QED) is 0.430. The molecule has 0 atom stereocenters. The molecule has 0 spiro atoms. The van der Waals surface area contributed by atoms with E-state index < -0.39 is 11.6 Å². The number of alkyl halides is 1. The number of halogens is 5. The zero-order chi connectivity index (χ0) is 15.1. The zero-order valence-corrected chi connectivity index (χ0v) is 15.1. The Labute approximate surface area is 144 Å². The maximum Gasteiger partial charge on any atom is 0.146 e. The summed E-state index contributed by atoms with van der Waals surface area (Å²) in [6.45, 7) is 0. The van der Waals surface area contributed by atoms with Gasteiger partial charge in [0.25, 0.3) is 0 Å². The molecule has 0 aliphatic carbocycles. The fraction of sp³-hybridized carbons (Fsp3) is 0.0714. The van der Waals surface area contributed by atoms with Crippen molar-refractivity contribution in [3.63, 3.8) is 0 Å².